The first kappa shape index (κ1) is 17.8. The zero-order valence-corrected chi connectivity index (χ0v) is 14.2. The molecule has 2 aliphatic carbocycles. The van der Waals surface area contributed by atoms with E-state index in [0.29, 0.717) is 5.92 Å². The molecular formula is C20H29NO2. The van der Waals surface area contributed by atoms with Crippen molar-refractivity contribution in [3.63, 3.8) is 0 Å². The second-order valence-electron chi connectivity index (χ2n) is 6.97. The normalized spacial score (nSPS) is 32.0. The highest BCUT2D eigenvalue weighted by molar-refractivity contribution is 5.72. The molecule has 0 aromatic heterocycles. The number of esters is 1. The van der Waals surface area contributed by atoms with E-state index in [2.05, 4.69) is 13.0 Å². The van der Waals surface area contributed by atoms with Crippen LogP contribution in [-0.2, 0) is 9.53 Å². The summed E-state index contributed by atoms with van der Waals surface area (Å²) in [5.74, 6) is 1.50. The van der Waals surface area contributed by atoms with Crippen LogP contribution in [0.4, 0.5) is 0 Å². The summed E-state index contributed by atoms with van der Waals surface area (Å²) in [6, 6.07) is 1.98. The summed E-state index contributed by atoms with van der Waals surface area (Å²) in [4.78, 5) is 12.3. The second kappa shape index (κ2) is 9.55. The van der Waals surface area contributed by atoms with E-state index in [1.807, 2.05) is 12.1 Å². The quantitative estimate of drug-likeness (QED) is 0.410. The van der Waals surface area contributed by atoms with E-state index < -0.39 is 0 Å². The van der Waals surface area contributed by atoms with Gasteiger partial charge in [0.25, 0.3) is 0 Å². The molecule has 2 fully saturated rings. The summed E-state index contributed by atoms with van der Waals surface area (Å²) in [7, 11) is 0. The fourth-order valence-corrected chi connectivity index (χ4v) is 3.79. The third-order valence-corrected chi connectivity index (χ3v) is 5.42. The van der Waals surface area contributed by atoms with Crippen LogP contribution in [0.5, 0.6) is 0 Å². The highest BCUT2D eigenvalue weighted by Crippen LogP contribution is 2.33. The summed E-state index contributed by atoms with van der Waals surface area (Å²) in [5, 5.41) is 8.44. The number of ether oxygens (including phenoxy) is 1. The van der Waals surface area contributed by atoms with Gasteiger partial charge in [0, 0.05) is 6.08 Å². The number of nitrogens with zero attached hydrogens (tertiary/aromatic N) is 1. The fraction of sp³-hybridized carbons (Fsp3) is 0.700. The van der Waals surface area contributed by atoms with Gasteiger partial charge in [0.2, 0.25) is 0 Å². The molecule has 0 atom stereocenters. The second-order valence-corrected chi connectivity index (χ2v) is 6.97. The largest absolute Gasteiger partial charge is 0.462 e. The van der Waals surface area contributed by atoms with E-state index in [0.717, 1.165) is 44.4 Å². The maximum absolute atomic E-state index is 12.3. The Hall–Kier alpha value is -1.56. The minimum Gasteiger partial charge on any atom is -0.462 e. The number of hydrogen-bond acceptors (Lipinski definition) is 3. The molecule has 2 saturated carbocycles. The van der Waals surface area contributed by atoms with Crippen molar-refractivity contribution < 1.29 is 9.53 Å². The molecule has 0 aromatic rings. The molecule has 23 heavy (non-hydrogen) atoms. The van der Waals surface area contributed by atoms with Crippen LogP contribution >= 0.6 is 0 Å². The third kappa shape index (κ3) is 5.86. The van der Waals surface area contributed by atoms with Crippen LogP contribution < -0.4 is 0 Å². The lowest BCUT2D eigenvalue weighted by Crippen LogP contribution is -2.29. The van der Waals surface area contributed by atoms with Crippen molar-refractivity contribution in [2.45, 2.75) is 70.8 Å². The van der Waals surface area contributed by atoms with E-state index in [1.165, 1.54) is 25.3 Å². The van der Waals surface area contributed by atoms with Gasteiger partial charge in [-0.1, -0.05) is 31.6 Å². The van der Waals surface area contributed by atoms with Gasteiger partial charge in [-0.3, -0.25) is 4.79 Å². The SMILES string of the molecule is CC[C@H]1CC[C@H](OC(=O)[C@H]2CC[C@H](C=CC=CC#N)CC2)CC1. The fourth-order valence-electron chi connectivity index (χ4n) is 3.79. The summed E-state index contributed by atoms with van der Waals surface area (Å²) in [6.07, 6.45) is 17.2. The van der Waals surface area contributed by atoms with Gasteiger partial charge in [0.15, 0.2) is 0 Å². The topological polar surface area (TPSA) is 50.1 Å². The monoisotopic (exact) mass is 315 g/mol. The molecule has 3 heteroatoms. The molecule has 0 saturated heterocycles. The van der Waals surface area contributed by atoms with Crippen LogP contribution in [0, 0.1) is 29.1 Å². The zero-order valence-electron chi connectivity index (χ0n) is 14.2. The van der Waals surface area contributed by atoms with Gasteiger partial charge < -0.3 is 4.74 Å². The van der Waals surface area contributed by atoms with Gasteiger partial charge in [-0.2, -0.15) is 5.26 Å². The van der Waals surface area contributed by atoms with Gasteiger partial charge in [-0.05, 0) is 63.2 Å². The molecular weight excluding hydrogens is 286 g/mol. The van der Waals surface area contributed by atoms with Crippen molar-refractivity contribution in [3.8, 4) is 6.07 Å². The van der Waals surface area contributed by atoms with Crippen LogP contribution in [0.2, 0.25) is 0 Å². The number of allylic oxidation sites excluding steroid dienone is 4. The van der Waals surface area contributed by atoms with Crippen molar-refractivity contribution in [2.24, 2.45) is 17.8 Å². The Morgan fingerprint density at radius 1 is 1.09 bits per heavy atom. The highest BCUT2D eigenvalue weighted by Gasteiger charge is 2.29. The van der Waals surface area contributed by atoms with E-state index in [-0.39, 0.29) is 18.0 Å². The van der Waals surface area contributed by atoms with Crippen molar-refractivity contribution in [3.05, 3.63) is 24.3 Å². The molecule has 0 N–H and O–H groups in total. The van der Waals surface area contributed by atoms with Crippen LogP contribution in [0.25, 0.3) is 0 Å². The molecule has 0 heterocycles. The van der Waals surface area contributed by atoms with Crippen LogP contribution in [0.3, 0.4) is 0 Å². The Balaban J connectivity index is 1.69. The van der Waals surface area contributed by atoms with Crippen molar-refractivity contribution >= 4 is 5.97 Å². The van der Waals surface area contributed by atoms with E-state index in [1.54, 1.807) is 6.08 Å². The van der Waals surface area contributed by atoms with Crippen LogP contribution in [0.1, 0.15) is 64.7 Å². The molecule has 126 valence electrons. The van der Waals surface area contributed by atoms with E-state index >= 15 is 0 Å². The smallest absolute Gasteiger partial charge is 0.309 e. The van der Waals surface area contributed by atoms with Crippen LogP contribution in [0.15, 0.2) is 24.3 Å². The highest BCUT2D eigenvalue weighted by atomic mass is 16.5. The Morgan fingerprint density at radius 3 is 2.39 bits per heavy atom. The first-order valence-electron chi connectivity index (χ1n) is 9.16. The van der Waals surface area contributed by atoms with Crippen molar-refractivity contribution in [1.82, 2.24) is 0 Å². The lowest BCUT2D eigenvalue weighted by Gasteiger charge is -2.30. The van der Waals surface area contributed by atoms with Crippen LogP contribution in [-0.4, -0.2) is 12.1 Å². The Labute approximate surface area is 140 Å². The summed E-state index contributed by atoms with van der Waals surface area (Å²) in [5.41, 5.74) is 0. The number of rotatable bonds is 5. The lowest BCUT2D eigenvalue weighted by atomic mass is 9.81. The molecule has 3 nitrogen and oxygen atoms in total. The summed E-state index contributed by atoms with van der Waals surface area (Å²) < 4.78 is 5.77. The minimum atomic E-state index is 0.0387. The third-order valence-electron chi connectivity index (χ3n) is 5.42. The van der Waals surface area contributed by atoms with Gasteiger partial charge >= 0.3 is 5.97 Å². The molecule has 0 radical (unpaired) electrons. The molecule has 0 amide bonds. The summed E-state index contributed by atoms with van der Waals surface area (Å²) >= 11 is 0. The predicted octanol–water partition coefficient (Wildman–Crippen LogP) is 4.94. The summed E-state index contributed by atoms with van der Waals surface area (Å²) in [6.45, 7) is 2.25. The van der Waals surface area contributed by atoms with Gasteiger partial charge in [-0.15, -0.1) is 0 Å². The number of hydrogen-bond donors (Lipinski definition) is 0. The van der Waals surface area contributed by atoms with Gasteiger partial charge in [-0.25, -0.2) is 0 Å². The average molecular weight is 315 g/mol. The van der Waals surface area contributed by atoms with Crippen molar-refractivity contribution in [2.75, 3.05) is 0 Å². The molecule has 0 aromatic carbocycles. The first-order valence-corrected chi connectivity index (χ1v) is 9.16. The molecule has 0 unspecified atom stereocenters. The van der Waals surface area contributed by atoms with Gasteiger partial charge in [0.05, 0.1) is 12.0 Å². The van der Waals surface area contributed by atoms with E-state index in [9.17, 15) is 4.79 Å². The Bertz CT molecular complexity index is 459. The van der Waals surface area contributed by atoms with Gasteiger partial charge in [0.1, 0.15) is 6.10 Å². The Morgan fingerprint density at radius 2 is 1.78 bits per heavy atom. The van der Waals surface area contributed by atoms with E-state index in [4.69, 9.17) is 10.00 Å². The number of nitriles is 1. The molecule has 0 bridgehead atoms. The Kier molecular flexibility index (Phi) is 7.39. The minimum absolute atomic E-state index is 0.0387. The maximum atomic E-state index is 12.3. The van der Waals surface area contributed by atoms with Crippen molar-refractivity contribution in [1.29, 1.82) is 5.26 Å². The predicted molar refractivity (Wildman–Crippen MR) is 91.5 cm³/mol. The molecule has 0 aliphatic heterocycles. The first-order chi connectivity index (χ1) is 11.2. The molecule has 0 spiro atoms. The number of carbonyl (C=O) groups is 1. The number of carbonyl (C=O) groups excluding carboxylic acids is 1. The standard InChI is InChI=1S/C20H29NO2/c1-2-16-9-13-19(14-10-16)23-20(22)18-11-7-17(8-12-18)6-4-3-5-15-21/h3-6,16-19H,2,7-14H2,1H3/t16-,17-,18-,19-. The lowest BCUT2D eigenvalue weighted by molar-refractivity contribution is -0.157. The molecule has 2 aliphatic rings. The maximum Gasteiger partial charge on any atom is 0.309 e. The zero-order chi connectivity index (χ0) is 16.5. The molecule has 2 rings (SSSR count). The average Bonchev–Trinajstić information content (AvgIpc) is 2.60.